The van der Waals surface area contributed by atoms with Gasteiger partial charge in [-0.25, -0.2) is 4.98 Å². The molecule has 0 aliphatic carbocycles. The lowest BCUT2D eigenvalue weighted by Crippen LogP contribution is -2.27. The van der Waals surface area contributed by atoms with E-state index >= 15 is 0 Å². The van der Waals surface area contributed by atoms with E-state index in [-0.39, 0.29) is 19.0 Å². The van der Waals surface area contributed by atoms with Crippen LogP contribution in [0, 0.1) is 0 Å². The Kier molecular flexibility index (Phi) is 5.14. The van der Waals surface area contributed by atoms with Gasteiger partial charge in [-0.2, -0.15) is 8.78 Å². The molecule has 0 saturated heterocycles. The number of aliphatic hydroxyl groups is 1. The van der Waals surface area contributed by atoms with Gasteiger partial charge >= 0.3 is 6.55 Å². The van der Waals surface area contributed by atoms with Gasteiger partial charge in [0.1, 0.15) is 5.82 Å². The molecule has 0 amide bonds. The Hall–Kier alpha value is -1.86. The SMILES string of the molecule is OCCN(Cc1cccnc1)Cc1nccn1C(F)F. The summed E-state index contributed by atoms with van der Waals surface area (Å²) in [7, 11) is 0. The van der Waals surface area contributed by atoms with Crippen molar-refractivity contribution >= 4 is 0 Å². The summed E-state index contributed by atoms with van der Waals surface area (Å²) in [4.78, 5) is 9.80. The normalized spacial score (nSPS) is 11.4. The van der Waals surface area contributed by atoms with Crippen molar-refractivity contribution < 1.29 is 13.9 Å². The Morgan fingerprint density at radius 2 is 2.15 bits per heavy atom. The Balaban J connectivity index is 2.07. The molecule has 0 unspecified atom stereocenters. The fraction of sp³-hybridized carbons (Fsp3) is 0.385. The highest BCUT2D eigenvalue weighted by Gasteiger charge is 2.15. The van der Waals surface area contributed by atoms with Crippen molar-refractivity contribution in [2.24, 2.45) is 0 Å². The molecule has 20 heavy (non-hydrogen) atoms. The zero-order chi connectivity index (χ0) is 14.4. The molecule has 7 heteroatoms. The Labute approximate surface area is 115 Å². The van der Waals surface area contributed by atoms with Crippen LogP contribution in [-0.4, -0.2) is 37.7 Å². The lowest BCUT2D eigenvalue weighted by molar-refractivity contribution is 0.0629. The largest absolute Gasteiger partial charge is 0.395 e. The van der Waals surface area contributed by atoms with Crippen LogP contribution < -0.4 is 0 Å². The lowest BCUT2D eigenvalue weighted by atomic mass is 10.2. The van der Waals surface area contributed by atoms with Crippen LogP contribution in [0.3, 0.4) is 0 Å². The molecule has 0 aliphatic rings. The second-order valence-corrected chi connectivity index (χ2v) is 4.32. The first kappa shape index (κ1) is 14.5. The zero-order valence-electron chi connectivity index (χ0n) is 10.9. The number of halogens is 2. The first-order valence-corrected chi connectivity index (χ1v) is 6.22. The highest BCUT2D eigenvalue weighted by molar-refractivity contribution is 5.08. The summed E-state index contributed by atoms with van der Waals surface area (Å²) in [5.41, 5.74) is 0.955. The van der Waals surface area contributed by atoms with Gasteiger partial charge < -0.3 is 5.11 Å². The number of hydrogen-bond donors (Lipinski definition) is 1. The Morgan fingerprint density at radius 3 is 2.80 bits per heavy atom. The Bertz CT molecular complexity index is 518. The number of aromatic nitrogens is 3. The van der Waals surface area contributed by atoms with Crippen LogP contribution >= 0.6 is 0 Å². The molecular weight excluding hydrogens is 266 g/mol. The third kappa shape index (κ3) is 3.82. The first-order valence-electron chi connectivity index (χ1n) is 6.22. The van der Waals surface area contributed by atoms with E-state index < -0.39 is 6.55 Å². The standard InChI is InChI=1S/C13H16F2N4O/c14-13(15)19-5-4-17-12(19)10-18(6-7-20)9-11-2-1-3-16-8-11/h1-5,8,13,20H,6-7,9-10H2. The third-order valence-corrected chi connectivity index (χ3v) is 2.87. The molecule has 0 aromatic carbocycles. The van der Waals surface area contributed by atoms with Gasteiger partial charge in [0.2, 0.25) is 0 Å². The molecule has 5 nitrogen and oxygen atoms in total. The second-order valence-electron chi connectivity index (χ2n) is 4.32. The minimum atomic E-state index is -2.61. The average Bonchev–Trinajstić information content (AvgIpc) is 2.88. The summed E-state index contributed by atoms with van der Waals surface area (Å²) in [5.74, 6) is 0.275. The van der Waals surface area contributed by atoms with Crippen LogP contribution in [0.25, 0.3) is 0 Å². The second kappa shape index (κ2) is 7.06. The summed E-state index contributed by atoms with van der Waals surface area (Å²) in [6.07, 6.45) is 5.98. The van der Waals surface area contributed by atoms with Crippen molar-refractivity contribution in [2.75, 3.05) is 13.2 Å². The summed E-state index contributed by atoms with van der Waals surface area (Å²) < 4.78 is 26.4. The number of nitrogens with zero attached hydrogens (tertiary/aromatic N) is 4. The molecule has 0 atom stereocenters. The van der Waals surface area contributed by atoms with E-state index in [4.69, 9.17) is 5.11 Å². The molecule has 0 bridgehead atoms. The highest BCUT2D eigenvalue weighted by Crippen LogP contribution is 2.15. The van der Waals surface area contributed by atoms with Crippen LogP contribution in [0.5, 0.6) is 0 Å². The molecule has 0 aliphatic heterocycles. The van der Waals surface area contributed by atoms with E-state index in [0.717, 1.165) is 10.1 Å². The molecule has 0 radical (unpaired) electrons. The fourth-order valence-corrected chi connectivity index (χ4v) is 1.95. The Morgan fingerprint density at radius 1 is 1.30 bits per heavy atom. The molecule has 2 rings (SSSR count). The number of imidazole rings is 1. The summed E-state index contributed by atoms with van der Waals surface area (Å²) in [6.45, 7) is -1.51. The molecule has 2 aromatic rings. The quantitative estimate of drug-likeness (QED) is 0.839. The predicted octanol–water partition coefficient (Wildman–Crippen LogP) is 1.67. The smallest absolute Gasteiger partial charge is 0.319 e. The van der Waals surface area contributed by atoms with E-state index in [1.54, 1.807) is 12.4 Å². The molecular formula is C13H16F2N4O. The monoisotopic (exact) mass is 282 g/mol. The van der Waals surface area contributed by atoms with Gasteiger partial charge in [0, 0.05) is 37.9 Å². The van der Waals surface area contributed by atoms with E-state index in [9.17, 15) is 8.78 Å². The summed E-state index contributed by atoms with van der Waals surface area (Å²) >= 11 is 0. The fourth-order valence-electron chi connectivity index (χ4n) is 1.95. The van der Waals surface area contributed by atoms with Crippen LogP contribution in [0.15, 0.2) is 36.9 Å². The van der Waals surface area contributed by atoms with E-state index in [2.05, 4.69) is 9.97 Å². The van der Waals surface area contributed by atoms with Gasteiger partial charge in [0.05, 0.1) is 13.2 Å². The van der Waals surface area contributed by atoms with Crippen molar-refractivity contribution in [2.45, 2.75) is 19.6 Å². The first-order chi connectivity index (χ1) is 9.70. The lowest BCUT2D eigenvalue weighted by Gasteiger charge is -2.21. The maximum atomic E-state index is 12.8. The van der Waals surface area contributed by atoms with E-state index in [1.807, 2.05) is 17.0 Å². The highest BCUT2D eigenvalue weighted by atomic mass is 19.3. The van der Waals surface area contributed by atoms with Crippen molar-refractivity contribution in [3.05, 3.63) is 48.3 Å². The van der Waals surface area contributed by atoms with Gasteiger partial charge in [-0.05, 0) is 11.6 Å². The summed E-state index contributed by atoms with van der Waals surface area (Å²) in [5, 5.41) is 9.09. The van der Waals surface area contributed by atoms with Crippen LogP contribution in [0.1, 0.15) is 17.9 Å². The maximum Gasteiger partial charge on any atom is 0.319 e. The molecule has 2 aromatic heterocycles. The molecule has 108 valence electrons. The zero-order valence-corrected chi connectivity index (χ0v) is 10.9. The molecule has 0 fully saturated rings. The molecule has 2 heterocycles. The molecule has 0 saturated carbocycles. The van der Waals surface area contributed by atoms with Gasteiger partial charge in [-0.15, -0.1) is 0 Å². The van der Waals surface area contributed by atoms with Crippen LogP contribution in [-0.2, 0) is 13.1 Å². The molecule has 0 spiro atoms. The maximum absolute atomic E-state index is 12.8. The van der Waals surface area contributed by atoms with Gasteiger partial charge in [-0.1, -0.05) is 6.07 Å². The average molecular weight is 282 g/mol. The number of rotatable bonds is 7. The van der Waals surface area contributed by atoms with Crippen molar-refractivity contribution in [1.29, 1.82) is 0 Å². The predicted molar refractivity (Wildman–Crippen MR) is 68.9 cm³/mol. The van der Waals surface area contributed by atoms with Crippen LogP contribution in [0.4, 0.5) is 8.78 Å². The summed E-state index contributed by atoms with van der Waals surface area (Å²) in [6, 6.07) is 3.71. The molecule has 1 N–H and O–H groups in total. The van der Waals surface area contributed by atoms with E-state index in [0.29, 0.717) is 13.1 Å². The van der Waals surface area contributed by atoms with Crippen molar-refractivity contribution in [1.82, 2.24) is 19.4 Å². The number of aliphatic hydroxyl groups excluding tert-OH is 1. The topological polar surface area (TPSA) is 54.2 Å². The van der Waals surface area contributed by atoms with E-state index in [1.165, 1.54) is 12.4 Å². The van der Waals surface area contributed by atoms with Gasteiger partial charge in [0.15, 0.2) is 0 Å². The van der Waals surface area contributed by atoms with Gasteiger partial charge in [0.25, 0.3) is 0 Å². The number of pyridine rings is 1. The van der Waals surface area contributed by atoms with Crippen molar-refractivity contribution in [3.63, 3.8) is 0 Å². The minimum Gasteiger partial charge on any atom is -0.395 e. The minimum absolute atomic E-state index is 0.0460. The number of hydrogen-bond acceptors (Lipinski definition) is 4. The number of alkyl halides is 2. The third-order valence-electron chi connectivity index (χ3n) is 2.87. The van der Waals surface area contributed by atoms with Crippen LogP contribution in [0.2, 0.25) is 0 Å². The van der Waals surface area contributed by atoms with Crippen molar-refractivity contribution in [3.8, 4) is 0 Å². The van der Waals surface area contributed by atoms with Gasteiger partial charge in [-0.3, -0.25) is 14.5 Å².